The summed E-state index contributed by atoms with van der Waals surface area (Å²) in [6, 6.07) is 1.22. The lowest BCUT2D eigenvalue weighted by Crippen LogP contribution is -1.95. The summed E-state index contributed by atoms with van der Waals surface area (Å²) in [5.41, 5.74) is 2.02. The van der Waals surface area contributed by atoms with Gasteiger partial charge in [0.25, 0.3) is 0 Å². The van der Waals surface area contributed by atoms with Gasteiger partial charge in [-0.25, -0.2) is 8.78 Å². The van der Waals surface area contributed by atoms with Crippen molar-refractivity contribution in [2.45, 2.75) is 34.6 Å². The Hall–Kier alpha value is -0.920. The Bertz CT molecular complexity index is 264. The Morgan fingerprint density at radius 2 is 1.38 bits per heavy atom. The van der Waals surface area contributed by atoms with Gasteiger partial charge in [0, 0.05) is 0 Å². The van der Waals surface area contributed by atoms with E-state index >= 15 is 0 Å². The van der Waals surface area contributed by atoms with E-state index < -0.39 is 11.6 Å². The summed E-state index contributed by atoms with van der Waals surface area (Å²) in [7, 11) is 0. The maximum Gasteiger partial charge on any atom is 0.162 e. The molecule has 0 aliphatic heterocycles. The fourth-order valence-electron chi connectivity index (χ4n) is 1.00. The van der Waals surface area contributed by atoms with Crippen molar-refractivity contribution in [2.75, 3.05) is 0 Å². The molecule has 0 N–H and O–H groups in total. The molecule has 74 valence electrons. The predicted molar refractivity (Wildman–Crippen MR) is 51.9 cm³/mol. The van der Waals surface area contributed by atoms with Crippen LogP contribution in [0.4, 0.5) is 8.78 Å². The summed E-state index contributed by atoms with van der Waals surface area (Å²) in [4.78, 5) is 0. The molecule has 0 heterocycles. The monoisotopic (exact) mass is 186 g/mol. The van der Waals surface area contributed by atoms with Gasteiger partial charge >= 0.3 is 0 Å². The third kappa shape index (κ3) is 2.51. The fraction of sp³-hybridized carbons (Fsp3) is 0.455. The fourth-order valence-corrected chi connectivity index (χ4v) is 1.00. The van der Waals surface area contributed by atoms with Gasteiger partial charge in [-0.1, -0.05) is 13.8 Å². The van der Waals surface area contributed by atoms with E-state index in [9.17, 15) is 8.78 Å². The van der Waals surface area contributed by atoms with Crippen molar-refractivity contribution in [3.63, 3.8) is 0 Å². The average Bonchev–Trinajstić information content (AvgIpc) is 2.15. The number of hydrogen-bond donors (Lipinski definition) is 0. The van der Waals surface area contributed by atoms with Crippen LogP contribution in [0.5, 0.6) is 0 Å². The van der Waals surface area contributed by atoms with Crippen LogP contribution in [-0.2, 0) is 0 Å². The molecule has 1 rings (SSSR count). The van der Waals surface area contributed by atoms with Crippen molar-refractivity contribution in [1.82, 2.24) is 0 Å². The van der Waals surface area contributed by atoms with Crippen LogP contribution in [0.3, 0.4) is 0 Å². The highest BCUT2D eigenvalue weighted by Crippen LogP contribution is 2.18. The third-order valence-corrected chi connectivity index (χ3v) is 2.04. The van der Waals surface area contributed by atoms with E-state index in [2.05, 4.69) is 0 Å². The van der Waals surface area contributed by atoms with Crippen molar-refractivity contribution in [2.24, 2.45) is 0 Å². The number of rotatable bonds is 0. The second-order valence-corrected chi connectivity index (χ2v) is 2.74. The molecule has 1 aromatic rings. The molecule has 1 aromatic carbocycles. The first kappa shape index (κ1) is 12.1. The minimum absolute atomic E-state index is 0.405. The summed E-state index contributed by atoms with van der Waals surface area (Å²) in [6.07, 6.45) is 0. The van der Waals surface area contributed by atoms with Crippen LogP contribution in [0.15, 0.2) is 6.07 Å². The number of benzene rings is 1. The lowest BCUT2D eigenvalue weighted by Gasteiger charge is -2.05. The van der Waals surface area contributed by atoms with E-state index in [1.165, 1.54) is 6.07 Å². The average molecular weight is 186 g/mol. The van der Waals surface area contributed by atoms with Gasteiger partial charge in [0.05, 0.1) is 0 Å². The Morgan fingerprint density at radius 3 is 1.85 bits per heavy atom. The van der Waals surface area contributed by atoms with Crippen LogP contribution in [0.1, 0.15) is 30.5 Å². The highest BCUT2D eigenvalue weighted by atomic mass is 19.2. The first-order valence-corrected chi connectivity index (χ1v) is 4.46. The zero-order valence-corrected chi connectivity index (χ0v) is 8.83. The second kappa shape index (κ2) is 4.95. The smallest absolute Gasteiger partial charge is 0.162 e. The molecule has 0 saturated heterocycles. The quantitative estimate of drug-likeness (QED) is 0.576. The first-order chi connectivity index (χ1) is 6.04. The molecule has 0 radical (unpaired) electrons. The Morgan fingerprint density at radius 1 is 0.923 bits per heavy atom. The minimum atomic E-state index is -0.759. The number of halogens is 2. The lowest BCUT2D eigenvalue weighted by atomic mass is 10.0. The molecular weight excluding hydrogens is 170 g/mol. The van der Waals surface area contributed by atoms with Crippen LogP contribution >= 0.6 is 0 Å². The molecule has 0 nitrogen and oxygen atoms in total. The van der Waals surface area contributed by atoms with E-state index in [1.54, 1.807) is 20.8 Å². The maximum atomic E-state index is 12.8. The van der Waals surface area contributed by atoms with Gasteiger partial charge in [0.1, 0.15) is 0 Å². The molecule has 0 aliphatic carbocycles. The van der Waals surface area contributed by atoms with E-state index in [1.807, 2.05) is 13.8 Å². The molecule has 0 amide bonds. The largest absolute Gasteiger partial charge is 0.204 e. The number of hydrogen-bond acceptors (Lipinski definition) is 0. The van der Waals surface area contributed by atoms with Crippen LogP contribution < -0.4 is 0 Å². The van der Waals surface area contributed by atoms with Crippen molar-refractivity contribution in [1.29, 1.82) is 0 Å². The third-order valence-electron chi connectivity index (χ3n) is 2.04. The highest BCUT2D eigenvalue weighted by molar-refractivity contribution is 5.33. The van der Waals surface area contributed by atoms with Gasteiger partial charge in [-0.05, 0) is 43.5 Å². The van der Waals surface area contributed by atoms with Crippen molar-refractivity contribution in [3.8, 4) is 0 Å². The maximum absolute atomic E-state index is 12.8. The highest BCUT2D eigenvalue weighted by Gasteiger charge is 2.08. The topological polar surface area (TPSA) is 0 Å². The Balaban J connectivity index is 0.000000671. The Labute approximate surface area is 78.6 Å². The number of aryl methyl sites for hydroxylation is 1. The zero-order chi connectivity index (χ0) is 10.6. The molecule has 0 fully saturated rings. The van der Waals surface area contributed by atoms with E-state index in [0.29, 0.717) is 5.56 Å². The molecule has 0 saturated carbocycles. The van der Waals surface area contributed by atoms with Gasteiger partial charge < -0.3 is 0 Å². The summed E-state index contributed by atoms with van der Waals surface area (Å²) >= 11 is 0. The summed E-state index contributed by atoms with van der Waals surface area (Å²) in [6.45, 7) is 9.14. The van der Waals surface area contributed by atoms with Crippen LogP contribution in [-0.4, -0.2) is 0 Å². The molecule has 2 heteroatoms. The van der Waals surface area contributed by atoms with Gasteiger partial charge in [-0.3, -0.25) is 0 Å². The molecule has 0 aromatic heterocycles. The first-order valence-electron chi connectivity index (χ1n) is 4.46. The molecule has 13 heavy (non-hydrogen) atoms. The second-order valence-electron chi connectivity index (χ2n) is 2.74. The van der Waals surface area contributed by atoms with Crippen molar-refractivity contribution < 1.29 is 8.78 Å². The van der Waals surface area contributed by atoms with Gasteiger partial charge in [0.15, 0.2) is 11.6 Å². The summed E-state index contributed by atoms with van der Waals surface area (Å²) in [5.74, 6) is -1.49. The normalized spacial score (nSPS) is 9.15. The van der Waals surface area contributed by atoms with E-state index in [0.717, 1.165) is 11.1 Å². The van der Waals surface area contributed by atoms with Crippen LogP contribution in [0.25, 0.3) is 0 Å². The lowest BCUT2D eigenvalue weighted by molar-refractivity contribution is 0.501. The molecule has 0 atom stereocenters. The van der Waals surface area contributed by atoms with Crippen LogP contribution in [0.2, 0.25) is 0 Å². The summed E-state index contributed by atoms with van der Waals surface area (Å²) < 4.78 is 25.4. The molecule has 0 aliphatic rings. The van der Waals surface area contributed by atoms with Crippen molar-refractivity contribution in [3.05, 3.63) is 34.4 Å². The van der Waals surface area contributed by atoms with Gasteiger partial charge in [-0.15, -0.1) is 0 Å². The zero-order valence-electron chi connectivity index (χ0n) is 8.83. The summed E-state index contributed by atoms with van der Waals surface area (Å²) in [5, 5.41) is 0. The predicted octanol–water partition coefficient (Wildman–Crippen LogP) is 3.92. The minimum Gasteiger partial charge on any atom is -0.204 e. The van der Waals surface area contributed by atoms with Gasteiger partial charge in [0.2, 0.25) is 0 Å². The molecule has 0 unspecified atom stereocenters. The van der Waals surface area contributed by atoms with Crippen LogP contribution in [0, 0.1) is 32.4 Å². The molecular formula is C11H16F2. The molecule has 0 spiro atoms. The van der Waals surface area contributed by atoms with E-state index in [-0.39, 0.29) is 0 Å². The Kier molecular flexibility index (Phi) is 4.60. The SMILES string of the molecule is CC.Cc1cc(F)c(F)c(C)c1C. The van der Waals surface area contributed by atoms with E-state index in [4.69, 9.17) is 0 Å². The van der Waals surface area contributed by atoms with Gasteiger partial charge in [-0.2, -0.15) is 0 Å². The molecule has 0 bridgehead atoms. The van der Waals surface area contributed by atoms with Crippen molar-refractivity contribution >= 4 is 0 Å². The standard InChI is InChI=1S/C9H10F2.C2H6/c1-5-4-8(10)9(11)7(3)6(5)2;1-2/h4H,1-3H3;1-2H3.